The van der Waals surface area contributed by atoms with Crippen LogP contribution in [0.15, 0.2) is 28.7 Å². The number of para-hydroxylation sites is 1. The van der Waals surface area contributed by atoms with Gasteiger partial charge >= 0.3 is 0 Å². The molecular weight excluding hydrogens is 244 g/mol. The van der Waals surface area contributed by atoms with E-state index in [1.165, 1.54) is 0 Å². The Morgan fingerprint density at radius 2 is 2.07 bits per heavy atom. The van der Waals surface area contributed by atoms with Crippen molar-refractivity contribution in [1.29, 1.82) is 0 Å². The first kappa shape index (κ1) is 9.21. The third kappa shape index (κ3) is 1.39. The van der Waals surface area contributed by atoms with Gasteiger partial charge in [-0.1, -0.05) is 17.3 Å². The molecule has 2 aromatic rings. The smallest absolute Gasteiger partial charge is 0.169 e. The Labute approximate surface area is 89.9 Å². The molecule has 4 nitrogen and oxygen atoms in total. The van der Waals surface area contributed by atoms with Gasteiger partial charge in [0.2, 0.25) is 0 Å². The molecule has 2 rings (SSSR count). The van der Waals surface area contributed by atoms with E-state index in [9.17, 15) is 0 Å². The maximum atomic E-state index is 5.62. The van der Waals surface area contributed by atoms with E-state index < -0.39 is 0 Å². The number of hydrogen-bond donors (Lipinski definition) is 1. The van der Waals surface area contributed by atoms with Gasteiger partial charge in [-0.05, 0) is 35.0 Å². The van der Waals surface area contributed by atoms with E-state index in [-0.39, 0.29) is 0 Å². The molecule has 0 saturated carbocycles. The summed E-state index contributed by atoms with van der Waals surface area (Å²) in [4.78, 5) is 0. The van der Waals surface area contributed by atoms with Crippen molar-refractivity contribution in [3.8, 4) is 5.69 Å². The van der Waals surface area contributed by atoms with Crippen LogP contribution in [0.1, 0.15) is 5.69 Å². The molecule has 0 bridgehead atoms. The summed E-state index contributed by atoms with van der Waals surface area (Å²) >= 11 is 3.45. The van der Waals surface area contributed by atoms with Crippen LogP contribution in [-0.4, -0.2) is 15.0 Å². The predicted octanol–water partition coefficient (Wildman–Crippen LogP) is 1.92. The van der Waals surface area contributed by atoms with E-state index in [1.54, 1.807) is 4.68 Å². The Bertz CT molecular complexity index is 464. The molecule has 1 aromatic carbocycles. The lowest BCUT2D eigenvalue weighted by atomic mass is 10.3. The first-order chi connectivity index (χ1) is 6.70. The van der Waals surface area contributed by atoms with Crippen molar-refractivity contribution in [2.45, 2.75) is 6.92 Å². The van der Waals surface area contributed by atoms with E-state index in [2.05, 4.69) is 26.2 Å². The fourth-order valence-corrected chi connectivity index (χ4v) is 1.65. The molecule has 0 aliphatic rings. The molecule has 0 spiro atoms. The highest BCUT2D eigenvalue weighted by Gasteiger charge is 2.08. The molecule has 0 amide bonds. The summed E-state index contributed by atoms with van der Waals surface area (Å²) in [7, 11) is 0. The number of rotatable bonds is 1. The second kappa shape index (κ2) is 3.42. The van der Waals surface area contributed by atoms with Crippen molar-refractivity contribution in [2.24, 2.45) is 0 Å². The normalized spacial score (nSPS) is 10.4. The third-order valence-corrected chi connectivity index (χ3v) is 2.68. The highest BCUT2D eigenvalue weighted by atomic mass is 79.9. The van der Waals surface area contributed by atoms with Gasteiger partial charge in [0.15, 0.2) is 5.82 Å². The van der Waals surface area contributed by atoms with Crippen LogP contribution in [0.25, 0.3) is 5.69 Å². The average Bonchev–Trinajstić information content (AvgIpc) is 2.49. The first-order valence-corrected chi connectivity index (χ1v) is 4.92. The van der Waals surface area contributed by atoms with Gasteiger partial charge in [0, 0.05) is 4.47 Å². The highest BCUT2D eigenvalue weighted by Crippen LogP contribution is 2.21. The zero-order valence-electron chi connectivity index (χ0n) is 7.61. The van der Waals surface area contributed by atoms with Crippen molar-refractivity contribution in [3.63, 3.8) is 0 Å². The van der Waals surface area contributed by atoms with Gasteiger partial charge in [0.05, 0.1) is 11.4 Å². The Hall–Kier alpha value is -1.36. The van der Waals surface area contributed by atoms with Gasteiger partial charge < -0.3 is 5.73 Å². The lowest BCUT2D eigenvalue weighted by molar-refractivity contribution is 0.782. The molecule has 0 aliphatic heterocycles. The number of halogens is 1. The maximum absolute atomic E-state index is 5.62. The Balaban J connectivity index is 2.60. The monoisotopic (exact) mass is 252 g/mol. The van der Waals surface area contributed by atoms with Gasteiger partial charge in [0.25, 0.3) is 0 Å². The number of anilines is 1. The average molecular weight is 253 g/mol. The van der Waals surface area contributed by atoms with E-state index in [0.29, 0.717) is 5.82 Å². The topological polar surface area (TPSA) is 56.7 Å². The molecule has 0 unspecified atom stereocenters. The number of nitrogens with zero attached hydrogens (tertiary/aromatic N) is 3. The molecule has 1 aromatic heterocycles. The van der Waals surface area contributed by atoms with E-state index in [1.807, 2.05) is 31.2 Å². The summed E-state index contributed by atoms with van der Waals surface area (Å²) in [6, 6.07) is 7.79. The molecule has 0 atom stereocenters. The van der Waals surface area contributed by atoms with Crippen molar-refractivity contribution < 1.29 is 0 Å². The van der Waals surface area contributed by atoms with Gasteiger partial charge in [-0.25, -0.2) is 4.68 Å². The lowest BCUT2D eigenvalue weighted by Gasteiger charge is -2.04. The maximum Gasteiger partial charge on any atom is 0.169 e. The van der Waals surface area contributed by atoms with E-state index in [0.717, 1.165) is 15.9 Å². The molecule has 0 fully saturated rings. The van der Waals surface area contributed by atoms with Crippen LogP contribution >= 0.6 is 15.9 Å². The second-order valence-corrected chi connectivity index (χ2v) is 3.78. The summed E-state index contributed by atoms with van der Waals surface area (Å²) in [5.74, 6) is 0.459. The lowest BCUT2D eigenvalue weighted by Crippen LogP contribution is -2.00. The van der Waals surface area contributed by atoms with Crippen LogP contribution in [0.3, 0.4) is 0 Å². The van der Waals surface area contributed by atoms with Crippen LogP contribution in [0, 0.1) is 6.92 Å². The molecule has 72 valence electrons. The molecule has 0 saturated heterocycles. The Kier molecular flexibility index (Phi) is 2.25. The summed E-state index contributed by atoms with van der Waals surface area (Å²) in [5.41, 5.74) is 7.40. The van der Waals surface area contributed by atoms with Crippen molar-refractivity contribution >= 4 is 21.7 Å². The molecular formula is C9H9BrN4. The van der Waals surface area contributed by atoms with Gasteiger partial charge in [0.1, 0.15) is 0 Å². The van der Waals surface area contributed by atoms with Crippen molar-refractivity contribution in [1.82, 2.24) is 15.0 Å². The van der Waals surface area contributed by atoms with Gasteiger partial charge in [-0.2, -0.15) is 0 Å². The van der Waals surface area contributed by atoms with Gasteiger partial charge in [-0.3, -0.25) is 0 Å². The largest absolute Gasteiger partial charge is 0.381 e. The van der Waals surface area contributed by atoms with Crippen LogP contribution in [0.2, 0.25) is 0 Å². The summed E-state index contributed by atoms with van der Waals surface area (Å²) in [5, 5.41) is 7.76. The zero-order valence-corrected chi connectivity index (χ0v) is 9.19. The van der Waals surface area contributed by atoms with Crippen LogP contribution in [0.5, 0.6) is 0 Å². The minimum atomic E-state index is 0.459. The fraction of sp³-hybridized carbons (Fsp3) is 0.111. The number of nitrogens with two attached hydrogens (primary N) is 1. The van der Waals surface area contributed by atoms with E-state index in [4.69, 9.17) is 5.73 Å². The first-order valence-electron chi connectivity index (χ1n) is 4.13. The second-order valence-electron chi connectivity index (χ2n) is 2.92. The number of benzene rings is 1. The van der Waals surface area contributed by atoms with Crippen LogP contribution in [0.4, 0.5) is 5.82 Å². The number of aromatic nitrogens is 3. The zero-order chi connectivity index (χ0) is 10.1. The standard InChI is InChI=1S/C9H9BrN4/c1-6-9(11)12-13-14(6)8-5-3-2-4-7(8)10/h2-5H,11H2,1H3. The van der Waals surface area contributed by atoms with Crippen molar-refractivity contribution in [2.75, 3.05) is 5.73 Å². The quantitative estimate of drug-likeness (QED) is 0.844. The van der Waals surface area contributed by atoms with Gasteiger partial charge in [-0.15, -0.1) is 5.10 Å². The summed E-state index contributed by atoms with van der Waals surface area (Å²) < 4.78 is 2.67. The minimum absolute atomic E-state index is 0.459. The third-order valence-electron chi connectivity index (χ3n) is 2.01. The SMILES string of the molecule is Cc1c(N)nnn1-c1ccccc1Br. The highest BCUT2D eigenvalue weighted by molar-refractivity contribution is 9.10. The van der Waals surface area contributed by atoms with Crippen LogP contribution in [-0.2, 0) is 0 Å². The predicted molar refractivity (Wildman–Crippen MR) is 58.2 cm³/mol. The molecule has 0 aliphatic carbocycles. The number of nitrogen functional groups attached to an aromatic ring is 1. The van der Waals surface area contributed by atoms with E-state index >= 15 is 0 Å². The molecule has 14 heavy (non-hydrogen) atoms. The summed E-state index contributed by atoms with van der Waals surface area (Å²) in [6.07, 6.45) is 0. The molecule has 2 N–H and O–H groups in total. The minimum Gasteiger partial charge on any atom is -0.381 e. The summed E-state index contributed by atoms with van der Waals surface area (Å²) in [6.45, 7) is 1.88. The molecule has 5 heteroatoms. The number of hydrogen-bond acceptors (Lipinski definition) is 3. The molecule has 0 radical (unpaired) electrons. The Morgan fingerprint density at radius 1 is 1.36 bits per heavy atom. The van der Waals surface area contributed by atoms with Crippen molar-refractivity contribution in [3.05, 3.63) is 34.4 Å². The molecule has 1 heterocycles. The van der Waals surface area contributed by atoms with Crippen LogP contribution < -0.4 is 5.73 Å². The fourth-order valence-electron chi connectivity index (χ4n) is 1.19. The Morgan fingerprint density at radius 3 is 2.64 bits per heavy atom.